The second kappa shape index (κ2) is 7.80. The number of carbonyl (C=O) groups excluding carboxylic acids is 1. The van der Waals surface area contributed by atoms with Crippen molar-refractivity contribution in [2.24, 2.45) is 0 Å². The molecule has 0 atom stereocenters. The molecule has 1 N–H and O–H groups in total. The zero-order valence-corrected chi connectivity index (χ0v) is 15.5. The number of ether oxygens (including phenoxy) is 1. The molecule has 3 rings (SSSR count). The van der Waals surface area contributed by atoms with E-state index in [4.69, 9.17) is 20.8 Å². The van der Waals surface area contributed by atoms with Gasteiger partial charge in [0, 0.05) is 18.0 Å². The maximum atomic E-state index is 12.9. The predicted octanol–water partition coefficient (Wildman–Crippen LogP) is 3.76. The van der Waals surface area contributed by atoms with Crippen molar-refractivity contribution in [3.8, 4) is 5.75 Å². The first-order chi connectivity index (χ1) is 12.9. The van der Waals surface area contributed by atoms with E-state index >= 15 is 0 Å². The smallest absolute Gasteiger partial charge is 0.340 e. The number of hydrogen-bond acceptors (Lipinski definition) is 4. The molecule has 1 heterocycles. The van der Waals surface area contributed by atoms with Crippen LogP contribution in [0.15, 0.2) is 45.6 Å². The molecule has 140 valence electrons. The fraction of sp³-hybridized carbons (Fsp3) is 0.200. The summed E-state index contributed by atoms with van der Waals surface area (Å²) in [6.07, 6.45) is -0.130. The van der Waals surface area contributed by atoms with Crippen molar-refractivity contribution >= 4 is 28.5 Å². The van der Waals surface area contributed by atoms with Crippen LogP contribution in [0.5, 0.6) is 5.75 Å². The van der Waals surface area contributed by atoms with Gasteiger partial charge in [0.2, 0.25) is 5.91 Å². The predicted molar refractivity (Wildman–Crippen MR) is 101 cm³/mol. The van der Waals surface area contributed by atoms with E-state index in [9.17, 15) is 14.0 Å². The highest BCUT2D eigenvalue weighted by Gasteiger charge is 2.16. The van der Waals surface area contributed by atoms with Gasteiger partial charge in [0.05, 0.1) is 24.1 Å². The molecule has 0 saturated heterocycles. The highest BCUT2D eigenvalue weighted by atomic mass is 35.5. The summed E-state index contributed by atoms with van der Waals surface area (Å²) in [7, 11) is 1.47. The fourth-order valence-corrected chi connectivity index (χ4v) is 3.02. The number of halogens is 2. The van der Waals surface area contributed by atoms with Crippen molar-refractivity contribution in [1.82, 2.24) is 5.32 Å². The molecule has 0 fully saturated rings. The third-order valence-electron chi connectivity index (χ3n) is 4.30. The number of nitrogens with one attached hydrogen (secondary N) is 1. The molecule has 0 radical (unpaired) electrons. The van der Waals surface area contributed by atoms with Gasteiger partial charge < -0.3 is 14.5 Å². The third kappa shape index (κ3) is 4.11. The summed E-state index contributed by atoms with van der Waals surface area (Å²) in [5.41, 5.74) is 1.41. The molecule has 7 heteroatoms. The van der Waals surface area contributed by atoms with E-state index in [-0.39, 0.29) is 30.3 Å². The minimum atomic E-state index is -0.582. The van der Waals surface area contributed by atoms with Gasteiger partial charge >= 0.3 is 5.63 Å². The zero-order valence-electron chi connectivity index (χ0n) is 14.8. The quantitative estimate of drug-likeness (QED) is 0.674. The topological polar surface area (TPSA) is 68.5 Å². The molecule has 0 saturated carbocycles. The minimum Gasteiger partial charge on any atom is -0.495 e. The molecule has 3 aromatic rings. The second-order valence-electron chi connectivity index (χ2n) is 6.06. The van der Waals surface area contributed by atoms with Crippen LogP contribution in [-0.4, -0.2) is 13.0 Å². The van der Waals surface area contributed by atoms with Crippen molar-refractivity contribution in [1.29, 1.82) is 0 Å². The van der Waals surface area contributed by atoms with Crippen LogP contribution in [-0.2, 0) is 17.8 Å². The molecule has 0 aliphatic rings. The third-order valence-corrected chi connectivity index (χ3v) is 4.60. The van der Waals surface area contributed by atoms with E-state index < -0.39 is 5.63 Å². The largest absolute Gasteiger partial charge is 0.495 e. The molecule has 0 unspecified atom stereocenters. The van der Waals surface area contributed by atoms with E-state index in [2.05, 4.69) is 5.32 Å². The molecular weight excluding hydrogens is 373 g/mol. The van der Waals surface area contributed by atoms with E-state index in [1.165, 1.54) is 19.2 Å². The summed E-state index contributed by atoms with van der Waals surface area (Å²) in [6.45, 7) is 1.98. The first-order valence-corrected chi connectivity index (χ1v) is 8.58. The zero-order chi connectivity index (χ0) is 19.6. The van der Waals surface area contributed by atoms with Gasteiger partial charge in [-0.25, -0.2) is 9.18 Å². The number of carbonyl (C=O) groups is 1. The standard InChI is InChI=1S/C20H17ClFNO4/c1-11-14-7-16(21)18(26-2)9-17(14)27-20(25)15(11)8-19(24)23-10-12-3-5-13(22)6-4-12/h3-7,9H,8,10H2,1-2H3,(H,23,24). The first kappa shape index (κ1) is 18.9. The molecule has 0 bridgehead atoms. The molecule has 5 nitrogen and oxygen atoms in total. The van der Waals surface area contributed by atoms with Crippen LogP contribution in [0, 0.1) is 12.7 Å². The van der Waals surface area contributed by atoms with Gasteiger partial charge in [-0.1, -0.05) is 23.7 Å². The Balaban J connectivity index is 1.82. The summed E-state index contributed by atoms with van der Waals surface area (Å²) in [5, 5.41) is 3.73. The van der Waals surface area contributed by atoms with Gasteiger partial charge in [-0.05, 0) is 36.2 Å². The number of methoxy groups -OCH3 is 1. The summed E-state index contributed by atoms with van der Waals surface area (Å²) >= 11 is 6.15. The monoisotopic (exact) mass is 389 g/mol. The van der Waals surface area contributed by atoms with Crippen molar-refractivity contribution in [3.63, 3.8) is 0 Å². The number of hydrogen-bond donors (Lipinski definition) is 1. The van der Waals surface area contributed by atoms with Gasteiger partial charge in [-0.15, -0.1) is 0 Å². The van der Waals surface area contributed by atoms with Crippen molar-refractivity contribution in [3.05, 3.63) is 74.3 Å². The van der Waals surface area contributed by atoms with Gasteiger partial charge in [0.25, 0.3) is 0 Å². The van der Waals surface area contributed by atoms with Crippen molar-refractivity contribution in [2.75, 3.05) is 7.11 Å². The minimum absolute atomic E-state index is 0.130. The van der Waals surface area contributed by atoms with Crippen molar-refractivity contribution in [2.45, 2.75) is 19.9 Å². The Bertz CT molecular complexity index is 1060. The van der Waals surface area contributed by atoms with Gasteiger partial charge in [0.1, 0.15) is 17.1 Å². The van der Waals surface area contributed by atoms with E-state index in [1.807, 2.05) is 0 Å². The fourth-order valence-electron chi connectivity index (χ4n) is 2.78. The van der Waals surface area contributed by atoms with Gasteiger partial charge in [-0.3, -0.25) is 4.79 Å². The molecule has 0 aliphatic carbocycles. The lowest BCUT2D eigenvalue weighted by molar-refractivity contribution is -0.120. The summed E-state index contributed by atoms with van der Waals surface area (Å²) < 4.78 is 23.4. The number of benzene rings is 2. The molecular formula is C20H17ClFNO4. The van der Waals surface area contributed by atoms with Crippen LogP contribution in [0.1, 0.15) is 16.7 Å². The maximum Gasteiger partial charge on any atom is 0.340 e. The molecule has 27 heavy (non-hydrogen) atoms. The Morgan fingerprint density at radius 1 is 1.26 bits per heavy atom. The number of fused-ring (bicyclic) bond motifs is 1. The van der Waals surface area contributed by atoms with Crippen LogP contribution in [0.3, 0.4) is 0 Å². The Labute approximate surface area is 159 Å². The van der Waals surface area contributed by atoms with Crippen LogP contribution in [0.4, 0.5) is 4.39 Å². The number of aryl methyl sites for hydroxylation is 1. The molecule has 2 aromatic carbocycles. The maximum absolute atomic E-state index is 12.9. The SMILES string of the molecule is COc1cc2oc(=O)c(CC(=O)NCc3ccc(F)cc3)c(C)c2cc1Cl. The molecule has 1 amide bonds. The Hall–Kier alpha value is -2.86. The highest BCUT2D eigenvalue weighted by Crippen LogP contribution is 2.31. The van der Waals surface area contributed by atoms with Gasteiger partial charge in [-0.2, -0.15) is 0 Å². The van der Waals surface area contributed by atoms with Crippen molar-refractivity contribution < 1.29 is 18.3 Å². The summed E-state index contributed by atoms with van der Waals surface area (Å²) in [4.78, 5) is 24.6. The van der Waals surface area contributed by atoms with E-state index in [1.54, 1.807) is 31.2 Å². The molecule has 0 aliphatic heterocycles. The average Bonchev–Trinajstić information content (AvgIpc) is 2.65. The van der Waals surface area contributed by atoms with Crippen LogP contribution >= 0.6 is 11.6 Å². The van der Waals surface area contributed by atoms with E-state index in [0.717, 1.165) is 5.56 Å². The number of amides is 1. The lowest BCUT2D eigenvalue weighted by atomic mass is 10.0. The van der Waals surface area contributed by atoms with Crippen LogP contribution < -0.4 is 15.7 Å². The van der Waals surface area contributed by atoms with Crippen LogP contribution in [0.25, 0.3) is 11.0 Å². The normalized spacial score (nSPS) is 10.8. The number of rotatable bonds is 5. The van der Waals surface area contributed by atoms with Gasteiger partial charge in [0.15, 0.2) is 0 Å². The van der Waals surface area contributed by atoms with E-state index in [0.29, 0.717) is 27.3 Å². The summed E-state index contributed by atoms with van der Waals surface area (Å²) in [5.74, 6) is -0.282. The summed E-state index contributed by atoms with van der Waals surface area (Å²) in [6, 6.07) is 9.00. The highest BCUT2D eigenvalue weighted by molar-refractivity contribution is 6.32. The first-order valence-electron chi connectivity index (χ1n) is 8.20. The Kier molecular flexibility index (Phi) is 5.46. The molecule has 0 spiro atoms. The van der Waals surface area contributed by atoms with Crippen LogP contribution in [0.2, 0.25) is 5.02 Å². The molecule has 1 aromatic heterocycles. The second-order valence-corrected chi connectivity index (χ2v) is 6.46. The lowest BCUT2D eigenvalue weighted by Crippen LogP contribution is -2.27. The Morgan fingerprint density at radius 2 is 1.96 bits per heavy atom. The lowest BCUT2D eigenvalue weighted by Gasteiger charge is -2.10. The Morgan fingerprint density at radius 3 is 2.63 bits per heavy atom. The average molecular weight is 390 g/mol.